The number of H-pyrrole nitrogens is 1. The number of hydrogen-bond acceptors (Lipinski definition) is 2. The maximum Gasteiger partial charge on any atom is 0.326 e. The molecule has 90 valence electrons. The lowest BCUT2D eigenvalue weighted by atomic mass is 10.2. The van der Waals surface area contributed by atoms with Gasteiger partial charge in [-0.3, -0.25) is 9.78 Å². The van der Waals surface area contributed by atoms with E-state index >= 15 is 0 Å². The maximum absolute atomic E-state index is 11.6. The number of halogens is 1. The molecule has 0 atom stereocenters. The highest BCUT2D eigenvalue weighted by Crippen LogP contribution is 2.11. The molecule has 1 aromatic heterocycles. The average molecular weight is 262 g/mol. The van der Waals surface area contributed by atoms with Gasteiger partial charge in [-0.1, -0.05) is 23.7 Å². The van der Waals surface area contributed by atoms with Crippen molar-refractivity contribution in [3.05, 3.63) is 73.3 Å². The minimum Gasteiger partial charge on any atom is -0.306 e. The van der Waals surface area contributed by atoms with Crippen LogP contribution in [0, 0.1) is 6.57 Å². The summed E-state index contributed by atoms with van der Waals surface area (Å²) in [6.07, 6.45) is 1.25. The van der Waals surface area contributed by atoms with E-state index in [2.05, 4.69) is 9.83 Å². The van der Waals surface area contributed by atoms with E-state index in [4.69, 9.17) is 18.2 Å². The molecule has 0 spiro atoms. The first-order chi connectivity index (χ1) is 8.60. The standard InChI is InChI=1S/C12H8ClN3O2/c1-14-10-7-16(12(18)15-11(10)17)6-8-3-2-4-9(13)5-8/h2-5,7H,6H2,(H,15,17,18). The largest absolute Gasteiger partial charge is 0.326 e. The maximum atomic E-state index is 11.6. The van der Waals surface area contributed by atoms with Gasteiger partial charge in [-0.25, -0.2) is 9.64 Å². The monoisotopic (exact) mass is 261 g/mol. The number of rotatable bonds is 2. The molecular formula is C12H8ClN3O2. The van der Waals surface area contributed by atoms with Crippen LogP contribution in [0.15, 0.2) is 40.1 Å². The molecule has 0 bridgehead atoms. The molecule has 18 heavy (non-hydrogen) atoms. The van der Waals surface area contributed by atoms with Gasteiger partial charge < -0.3 is 4.57 Å². The zero-order valence-corrected chi connectivity index (χ0v) is 9.94. The molecule has 1 heterocycles. The minimum absolute atomic E-state index is 0.114. The van der Waals surface area contributed by atoms with Crippen LogP contribution in [0.3, 0.4) is 0 Å². The molecule has 0 fully saturated rings. The fourth-order valence-electron chi connectivity index (χ4n) is 1.53. The third-order valence-corrected chi connectivity index (χ3v) is 2.59. The minimum atomic E-state index is -0.669. The summed E-state index contributed by atoms with van der Waals surface area (Å²) in [7, 11) is 0. The molecule has 0 aliphatic carbocycles. The predicted molar refractivity (Wildman–Crippen MR) is 68.1 cm³/mol. The fourth-order valence-corrected chi connectivity index (χ4v) is 1.74. The Hall–Kier alpha value is -2.32. The van der Waals surface area contributed by atoms with E-state index in [9.17, 15) is 9.59 Å². The lowest BCUT2D eigenvalue weighted by molar-refractivity contribution is 0.724. The molecule has 5 nitrogen and oxygen atoms in total. The van der Waals surface area contributed by atoms with Crippen molar-refractivity contribution in [2.75, 3.05) is 0 Å². The summed E-state index contributed by atoms with van der Waals surface area (Å²) in [6, 6.07) is 7.02. The van der Waals surface area contributed by atoms with Gasteiger partial charge in [0.05, 0.1) is 13.1 Å². The number of aromatic nitrogens is 2. The molecule has 0 unspecified atom stereocenters. The highest BCUT2D eigenvalue weighted by atomic mass is 35.5. The summed E-state index contributed by atoms with van der Waals surface area (Å²) in [4.78, 5) is 27.9. The van der Waals surface area contributed by atoms with Crippen LogP contribution in [0.1, 0.15) is 5.56 Å². The van der Waals surface area contributed by atoms with Crippen molar-refractivity contribution in [1.82, 2.24) is 9.55 Å². The topological polar surface area (TPSA) is 59.2 Å². The van der Waals surface area contributed by atoms with Crippen LogP contribution in [0.25, 0.3) is 4.85 Å². The lowest BCUT2D eigenvalue weighted by Crippen LogP contribution is -2.29. The molecule has 1 aromatic carbocycles. The summed E-state index contributed by atoms with van der Waals surface area (Å²) in [5.74, 6) is 0. The van der Waals surface area contributed by atoms with Gasteiger partial charge in [-0.05, 0) is 17.7 Å². The molecule has 0 aliphatic heterocycles. The van der Waals surface area contributed by atoms with Crippen LogP contribution in [-0.4, -0.2) is 9.55 Å². The first kappa shape index (κ1) is 12.1. The van der Waals surface area contributed by atoms with Crippen LogP contribution < -0.4 is 11.2 Å². The Labute approximate surface area is 107 Å². The molecule has 6 heteroatoms. The Morgan fingerprint density at radius 3 is 2.83 bits per heavy atom. The molecule has 0 saturated carbocycles. The first-order valence-corrected chi connectivity index (χ1v) is 5.43. The molecule has 0 amide bonds. The van der Waals surface area contributed by atoms with Crippen molar-refractivity contribution in [3.63, 3.8) is 0 Å². The Bertz CT molecular complexity index is 740. The predicted octanol–water partition coefficient (Wildman–Crippen LogP) is 1.79. The molecule has 1 N–H and O–H groups in total. The molecule has 0 saturated heterocycles. The Morgan fingerprint density at radius 2 is 2.17 bits per heavy atom. The smallest absolute Gasteiger partial charge is 0.306 e. The fraction of sp³-hybridized carbons (Fsp3) is 0.0833. The zero-order chi connectivity index (χ0) is 13.1. The zero-order valence-electron chi connectivity index (χ0n) is 9.18. The van der Waals surface area contributed by atoms with Gasteiger partial charge in [0.15, 0.2) is 0 Å². The SMILES string of the molecule is [C-]#[N+]c1cn(Cc2cccc(Cl)c2)c(=O)[nH]c1=O. The van der Waals surface area contributed by atoms with Gasteiger partial charge >= 0.3 is 5.69 Å². The van der Waals surface area contributed by atoms with E-state index in [0.717, 1.165) is 5.56 Å². The number of nitrogens with zero attached hydrogens (tertiary/aromatic N) is 2. The van der Waals surface area contributed by atoms with Gasteiger partial charge in [0.1, 0.15) is 0 Å². The molecule has 0 aliphatic rings. The summed E-state index contributed by atoms with van der Waals surface area (Å²) in [6.45, 7) is 7.08. The van der Waals surface area contributed by atoms with Crippen molar-refractivity contribution >= 4 is 17.3 Å². The van der Waals surface area contributed by atoms with Crippen molar-refractivity contribution in [2.45, 2.75) is 6.54 Å². The second kappa shape index (κ2) is 4.90. The Morgan fingerprint density at radius 1 is 1.39 bits per heavy atom. The molecule has 2 rings (SSSR count). The van der Waals surface area contributed by atoms with E-state index in [1.807, 2.05) is 0 Å². The van der Waals surface area contributed by atoms with Gasteiger partial charge in [0.2, 0.25) is 0 Å². The second-order valence-corrected chi connectivity index (χ2v) is 4.08. The molecule has 0 radical (unpaired) electrons. The Balaban J connectivity index is 2.44. The highest BCUT2D eigenvalue weighted by molar-refractivity contribution is 6.30. The first-order valence-electron chi connectivity index (χ1n) is 5.06. The third kappa shape index (κ3) is 2.50. The lowest BCUT2D eigenvalue weighted by Gasteiger charge is -2.05. The van der Waals surface area contributed by atoms with Crippen molar-refractivity contribution in [3.8, 4) is 0 Å². The normalized spacial score (nSPS) is 10.0. The molecular weight excluding hydrogens is 254 g/mol. The number of benzene rings is 1. The van der Waals surface area contributed by atoms with E-state index in [0.29, 0.717) is 5.02 Å². The van der Waals surface area contributed by atoms with Crippen LogP contribution in [0.4, 0.5) is 5.69 Å². The van der Waals surface area contributed by atoms with Crippen LogP contribution in [0.2, 0.25) is 5.02 Å². The van der Waals surface area contributed by atoms with E-state index < -0.39 is 11.2 Å². The van der Waals surface area contributed by atoms with E-state index in [1.165, 1.54) is 10.8 Å². The van der Waals surface area contributed by atoms with Gasteiger partial charge in [-0.2, -0.15) is 0 Å². The van der Waals surface area contributed by atoms with Crippen LogP contribution in [-0.2, 0) is 6.54 Å². The Kier molecular flexibility index (Phi) is 3.31. The van der Waals surface area contributed by atoms with Crippen LogP contribution in [0.5, 0.6) is 0 Å². The van der Waals surface area contributed by atoms with Gasteiger partial charge in [0, 0.05) is 11.2 Å². The summed E-state index contributed by atoms with van der Waals surface area (Å²) >= 11 is 5.84. The second-order valence-electron chi connectivity index (χ2n) is 3.64. The third-order valence-electron chi connectivity index (χ3n) is 2.35. The summed E-state index contributed by atoms with van der Waals surface area (Å²) in [5, 5.41) is 0.565. The average Bonchev–Trinajstić information content (AvgIpc) is 2.33. The summed E-state index contributed by atoms with van der Waals surface area (Å²) in [5.41, 5.74) is -0.520. The van der Waals surface area contributed by atoms with Gasteiger partial charge in [0.25, 0.3) is 11.2 Å². The highest BCUT2D eigenvalue weighted by Gasteiger charge is 2.04. The molecule has 2 aromatic rings. The quantitative estimate of drug-likeness (QED) is 0.838. The van der Waals surface area contributed by atoms with Gasteiger partial charge in [-0.15, -0.1) is 0 Å². The van der Waals surface area contributed by atoms with Crippen molar-refractivity contribution < 1.29 is 0 Å². The van der Waals surface area contributed by atoms with E-state index in [1.54, 1.807) is 24.3 Å². The summed E-state index contributed by atoms with van der Waals surface area (Å²) < 4.78 is 1.26. The number of nitrogens with one attached hydrogen (secondary N) is 1. The van der Waals surface area contributed by atoms with E-state index in [-0.39, 0.29) is 12.2 Å². The van der Waals surface area contributed by atoms with Crippen molar-refractivity contribution in [1.29, 1.82) is 0 Å². The van der Waals surface area contributed by atoms with Crippen molar-refractivity contribution in [2.24, 2.45) is 0 Å². The number of hydrogen-bond donors (Lipinski definition) is 1. The van der Waals surface area contributed by atoms with Crippen LogP contribution >= 0.6 is 11.6 Å². The number of aromatic amines is 1.